The van der Waals surface area contributed by atoms with Gasteiger partial charge < -0.3 is 19.4 Å². The Bertz CT molecular complexity index is 1100. The standard InChI is InChI=1S/C24H26N2O4/c1-3-18-6-4-7-19-20(16(2)27)14-26(24(18)19)15-23(28)25-13-17-8-9-21-22(12-17)30-11-5-10-29-21/h4,6-9,12,14H,3,5,10-11,13,15H2,1-2H3,(H,25,28). The number of amides is 1. The highest BCUT2D eigenvalue weighted by atomic mass is 16.5. The number of hydrogen-bond donors (Lipinski definition) is 1. The van der Waals surface area contributed by atoms with Crippen LogP contribution in [-0.4, -0.2) is 29.5 Å². The zero-order valence-electron chi connectivity index (χ0n) is 17.4. The molecule has 30 heavy (non-hydrogen) atoms. The molecule has 1 N–H and O–H groups in total. The zero-order chi connectivity index (χ0) is 21.1. The number of para-hydroxylation sites is 1. The van der Waals surface area contributed by atoms with Gasteiger partial charge >= 0.3 is 0 Å². The second kappa shape index (κ2) is 8.61. The van der Waals surface area contributed by atoms with E-state index in [0.717, 1.165) is 40.6 Å². The number of nitrogens with one attached hydrogen (secondary N) is 1. The van der Waals surface area contributed by atoms with Crippen LogP contribution in [0, 0.1) is 0 Å². The molecule has 6 nitrogen and oxygen atoms in total. The fourth-order valence-corrected chi connectivity index (χ4v) is 3.86. The average Bonchev–Trinajstić information content (AvgIpc) is 2.95. The minimum atomic E-state index is -0.111. The molecule has 4 rings (SSSR count). The minimum absolute atomic E-state index is 0.000363. The number of ketones is 1. The molecule has 0 radical (unpaired) electrons. The van der Waals surface area contributed by atoms with E-state index in [1.54, 1.807) is 13.1 Å². The van der Waals surface area contributed by atoms with Crippen LogP contribution < -0.4 is 14.8 Å². The quantitative estimate of drug-likeness (QED) is 0.631. The first-order valence-corrected chi connectivity index (χ1v) is 10.3. The molecule has 0 unspecified atom stereocenters. The molecule has 2 aromatic carbocycles. The van der Waals surface area contributed by atoms with Crippen LogP contribution in [0.2, 0.25) is 0 Å². The minimum Gasteiger partial charge on any atom is -0.490 e. The van der Waals surface area contributed by atoms with Crippen molar-refractivity contribution < 1.29 is 19.1 Å². The van der Waals surface area contributed by atoms with Crippen molar-refractivity contribution in [1.29, 1.82) is 0 Å². The Hall–Kier alpha value is -3.28. The maximum Gasteiger partial charge on any atom is 0.240 e. The lowest BCUT2D eigenvalue weighted by molar-refractivity contribution is -0.121. The summed E-state index contributed by atoms with van der Waals surface area (Å²) < 4.78 is 13.2. The van der Waals surface area contributed by atoms with Gasteiger partial charge in [-0.3, -0.25) is 9.59 Å². The highest BCUT2D eigenvalue weighted by molar-refractivity contribution is 6.07. The Morgan fingerprint density at radius 1 is 1.10 bits per heavy atom. The van der Waals surface area contributed by atoms with Crippen LogP contribution >= 0.6 is 0 Å². The van der Waals surface area contributed by atoms with Crippen molar-refractivity contribution in [2.75, 3.05) is 13.2 Å². The van der Waals surface area contributed by atoms with Crippen molar-refractivity contribution >= 4 is 22.6 Å². The highest BCUT2D eigenvalue weighted by Crippen LogP contribution is 2.30. The van der Waals surface area contributed by atoms with E-state index in [-0.39, 0.29) is 18.2 Å². The number of carbonyl (C=O) groups is 2. The van der Waals surface area contributed by atoms with Crippen LogP contribution in [0.4, 0.5) is 0 Å². The van der Waals surface area contributed by atoms with E-state index in [0.29, 0.717) is 31.1 Å². The molecule has 0 spiro atoms. The van der Waals surface area contributed by atoms with Gasteiger partial charge in [-0.2, -0.15) is 0 Å². The number of Topliss-reactive ketones (excluding diaryl/α,β-unsaturated/α-hetero) is 1. The van der Waals surface area contributed by atoms with Crippen LogP contribution in [0.15, 0.2) is 42.6 Å². The summed E-state index contributed by atoms with van der Waals surface area (Å²) in [6.45, 7) is 5.46. The summed E-state index contributed by atoms with van der Waals surface area (Å²) in [7, 11) is 0. The summed E-state index contributed by atoms with van der Waals surface area (Å²) in [6, 6.07) is 11.7. The molecule has 1 amide bonds. The van der Waals surface area contributed by atoms with Gasteiger partial charge in [-0.1, -0.05) is 31.2 Å². The van der Waals surface area contributed by atoms with Crippen molar-refractivity contribution in [3.8, 4) is 11.5 Å². The third kappa shape index (κ3) is 4.03. The van der Waals surface area contributed by atoms with Gasteiger partial charge in [0, 0.05) is 30.1 Å². The number of hydrogen-bond acceptors (Lipinski definition) is 4. The number of carbonyl (C=O) groups excluding carboxylic acids is 2. The number of ether oxygens (including phenoxy) is 2. The topological polar surface area (TPSA) is 69.6 Å². The molecular formula is C24H26N2O4. The SMILES string of the molecule is CCc1cccc2c(C(C)=O)cn(CC(=O)NCc3ccc4c(c3)OCCCO4)c12. The second-order valence-corrected chi connectivity index (χ2v) is 7.50. The number of aromatic nitrogens is 1. The van der Waals surface area contributed by atoms with Gasteiger partial charge in [0.2, 0.25) is 5.91 Å². The predicted molar refractivity (Wildman–Crippen MR) is 115 cm³/mol. The summed E-state index contributed by atoms with van der Waals surface area (Å²) >= 11 is 0. The summed E-state index contributed by atoms with van der Waals surface area (Å²) in [5, 5.41) is 3.87. The van der Waals surface area contributed by atoms with E-state index in [1.807, 2.05) is 41.0 Å². The lowest BCUT2D eigenvalue weighted by Crippen LogP contribution is -2.27. The molecule has 1 aliphatic rings. The number of benzene rings is 2. The van der Waals surface area contributed by atoms with Crippen molar-refractivity contribution in [3.63, 3.8) is 0 Å². The molecule has 0 saturated carbocycles. The summed E-state index contributed by atoms with van der Waals surface area (Å²) in [5.41, 5.74) is 3.67. The first-order chi connectivity index (χ1) is 14.6. The molecule has 3 aromatic rings. The first kappa shape index (κ1) is 20.0. The van der Waals surface area contributed by atoms with Crippen molar-refractivity contribution in [1.82, 2.24) is 9.88 Å². The molecule has 0 aliphatic carbocycles. The molecule has 0 atom stereocenters. The van der Waals surface area contributed by atoms with E-state index in [4.69, 9.17) is 9.47 Å². The third-order valence-electron chi connectivity index (χ3n) is 5.36. The Morgan fingerprint density at radius 2 is 1.90 bits per heavy atom. The normalized spacial score (nSPS) is 13.1. The Kier molecular flexibility index (Phi) is 5.74. The van der Waals surface area contributed by atoms with Gasteiger partial charge in [0.15, 0.2) is 17.3 Å². The van der Waals surface area contributed by atoms with Gasteiger partial charge in [-0.15, -0.1) is 0 Å². The number of nitrogens with zero attached hydrogens (tertiary/aromatic N) is 1. The molecule has 1 aliphatic heterocycles. The van der Waals surface area contributed by atoms with Crippen LogP contribution in [-0.2, 0) is 24.3 Å². The molecule has 156 valence electrons. The van der Waals surface area contributed by atoms with E-state index in [1.165, 1.54) is 0 Å². The molecule has 0 bridgehead atoms. The van der Waals surface area contributed by atoms with E-state index in [2.05, 4.69) is 12.2 Å². The van der Waals surface area contributed by atoms with Crippen LogP contribution in [0.5, 0.6) is 11.5 Å². The van der Waals surface area contributed by atoms with E-state index >= 15 is 0 Å². The largest absolute Gasteiger partial charge is 0.490 e. The van der Waals surface area contributed by atoms with Crippen LogP contribution in [0.25, 0.3) is 10.9 Å². The zero-order valence-corrected chi connectivity index (χ0v) is 17.4. The van der Waals surface area contributed by atoms with Gasteiger partial charge in [0.25, 0.3) is 0 Å². The van der Waals surface area contributed by atoms with Gasteiger partial charge in [0.05, 0.1) is 18.7 Å². The van der Waals surface area contributed by atoms with Gasteiger partial charge in [-0.25, -0.2) is 0 Å². The number of aryl methyl sites for hydroxylation is 1. The molecule has 1 aromatic heterocycles. The van der Waals surface area contributed by atoms with Crippen molar-refractivity contribution in [3.05, 3.63) is 59.3 Å². The molecule has 2 heterocycles. The van der Waals surface area contributed by atoms with E-state index in [9.17, 15) is 9.59 Å². The monoisotopic (exact) mass is 406 g/mol. The summed E-state index contributed by atoms with van der Waals surface area (Å²) in [6.07, 6.45) is 3.48. The predicted octanol–water partition coefficient (Wildman–Crippen LogP) is 3.88. The first-order valence-electron chi connectivity index (χ1n) is 10.3. The lowest BCUT2D eigenvalue weighted by atomic mass is 10.1. The lowest BCUT2D eigenvalue weighted by Gasteiger charge is -2.11. The smallest absolute Gasteiger partial charge is 0.240 e. The van der Waals surface area contributed by atoms with E-state index < -0.39 is 0 Å². The fraction of sp³-hybridized carbons (Fsp3) is 0.333. The fourth-order valence-electron chi connectivity index (χ4n) is 3.86. The summed E-state index contributed by atoms with van der Waals surface area (Å²) in [4.78, 5) is 24.8. The maximum absolute atomic E-state index is 12.7. The molecule has 0 fully saturated rings. The highest BCUT2D eigenvalue weighted by Gasteiger charge is 2.16. The van der Waals surface area contributed by atoms with Gasteiger partial charge in [0.1, 0.15) is 6.54 Å². The average molecular weight is 406 g/mol. The Morgan fingerprint density at radius 3 is 2.67 bits per heavy atom. The molecule has 0 saturated heterocycles. The van der Waals surface area contributed by atoms with Crippen molar-refractivity contribution in [2.24, 2.45) is 0 Å². The molecule has 6 heteroatoms. The maximum atomic E-state index is 12.7. The van der Waals surface area contributed by atoms with Crippen LogP contribution in [0.1, 0.15) is 41.8 Å². The Balaban J connectivity index is 1.50. The Labute approximate surface area is 175 Å². The second-order valence-electron chi connectivity index (χ2n) is 7.50. The molecular weight excluding hydrogens is 380 g/mol. The summed E-state index contributed by atoms with van der Waals surface area (Å²) in [5.74, 6) is 1.35. The number of rotatable bonds is 6. The van der Waals surface area contributed by atoms with Crippen molar-refractivity contribution in [2.45, 2.75) is 39.8 Å². The number of fused-ring (bicyclic) bond motifs is 2. The van der Waals surface area contributed by atoms with Crippen LogP contribution in [0.3, 0.4) is 0 Å². The van der Waals surface area contributed by atoms with Gasteiger partial charge in [-0.05, 0) is 36.6 Å². The third-order valence-corrected chi connectivity index (χ3v) is 5.36.